The Balaban J connectivity index is 2.59. The van der Waals surface area contributed by atoms with Crippen LogP contribution in [0, 0.1) is 0 Å². The molecule has 0 unspecified atom stereocenters. The summed E-state index contributed by atoms with van der Waals surface area (Å²) in [7, 11) is 6.11. The predicted octanol–water partition coefficient (Wildman–Crippen LogP) is 4.09. The average molecular weight is 383 g/mol. The van der Waals surface area contributed by atoms with Crippen LogP contribution in [0.2, 0.25) is 0 Å². The second-order valence-electron chi connectivity index (χ2n) is 5.85. The molecule has 0 saturated carbocycles. The molecule has 0 aliphatic rings. The maximum absolute atomic E-state index is 11.7. The molecular formula is C22H25NO5. The summed E-state index contributed by atoms with van der Waals surface area (Å²) in [5.41, 5.74) is 3.72. The van der Waals surface area contributed by atoms with Gasteiger partial charge in [0.25, 0.3) is 0 Å². The molecule has 0 heterocycles. The van der Waals surface area contributed by atoms with Gasteiger partial charge >= 0.3 is 5.97 Å². The topological polar surface area (TPSA) is 66.4 Å². The fourth-order valence-electron chi connectivity index (χ4n) is 2.76. The summed E-state index contributed by atoms with van der Waals surface area (Å²) < 4.78 is 15.3. The van der Waals surface area contributed by atoms with Gasteiger partial charge in [0.1, 0.15) is 18.6 Å². The zero-order chi connectivity index (χ0) is 20.4. The van der Waals surface area contributed by atoms with E-state index >= 15 is 0 Å². The van der Waals surface area contributed by atoms with Crippen molar-refractivity contribution < 1.29 is 23.8 Å². The first kappa shape index (κ1) is 21.0. The maximum atomic E-state index is 11.7. The van der Waals surface area contributed by atoms with Crippen molar-refractivity contribution in [1.29, 1.82) is 0 Å². The van der Waals surface area contributed by atoms with Crippen LogP contribution in [0.25, 0.3) is 5.57 Å². The summed E-state index contributed by atoms with van der Waals surface area (Å²) in [6.07, 6.45) is 2.32. The molecule has 2 rings (SSSR count). The number of oxime groups is 1. The largest absolute Gasteiger partial charge is 0.497 e. The molecular weight excluding hydrogens is 358 g/mol. The molecule has 2 aromatic rings. The van der Waals surface area contributed by atoms with Crippen molar-refractivity contribution >= 4 is 17.8 Å². The van der Waals surface area contributed by atoms with Crippen molar-refractivity contribution in [3.05, 3.63) is 65.2 Å². The van der Waals surface area contributed by atoms with Gasteiger partial charge in [0.15, 0.2) is 0 Å². The second-order valence-corrected chi connectivity index (χ2v) is 5.85. The Labute approximate surface area is 165 Å². The van der Waals surface area contributed by atoms with Crippen molar-refractivity contribution in [3.8, 4) is 11.5 Å². The molecule has 0 spiro atoms. The fraction of sp³-hybridized carbons (Fsp3) is 0.273. The van der Waals surface area contributed by atoms with E-state index in [-0.39, 0.29) is 12.4 Å². The number of ether oxygens (including phenoxy) is 3. The van der Waals surface area contributed by atoms with Gasteiger partial charge in [-0.15, -0.1) is 0 Å². The van der Waals surface area contributed by atoms with Crippen LogP contribution in [0.4, 0.5) is 0 Å². The number of allylic oxidation sites excluding steroid dienone is 1. The van der Waals surface area contributed by atoms with Gasteiger partial charge in [-0.1, -0.05) is 29.4 Å². The van der Waals surface area contributed by atoms with Crippen molar-refractivity contribution in [1.82, 2.24) is 0 Å². The van der Waals surface area contributed by atoms with Gasteiger partial charge in [0, 0.05) is 6.42 Å². The molecule has 0 atom stereocenters. The van der Waals surface area contributed by atoms with E-state index in [0.29, 0.717) is 6.42 Å². The van der Waals surface area contributed by atoms with Gasteiger partial charge in [-0.25, -0.2) is 0 Å². The van der Waals surface area contributed by atoms with Crippen LogP contribution in [0.5, 0.6) is 11.5 Å². The lowest BCUT2D eigenvalue weighted by Gasteiger charge is -2.15. The van der Waals surface area contributed by atoms with Crippen LogP contribution in [-0.2, 0) is 14.4 Å². The number of methoxy groups -OCH3 is 3. The smallest absolute Gasteiger partial charge is 0.305 e. The van der Waals surface area contributed by atoms with Crippen molar-refractivity contribution in [3.63, 3.8) is 0 Å². The Kier molecular flexibility index (Phi) is 8.09. The van der Waals surface area contributed by atoms with Crippen molar-refractivity contribution in [2.24, 2.45) is 5.16 Å². The molecule has 0 aliphatic carbocycles. The van der Waals surface area contributed by atoms with E-state index in [0.717, 1.165) is 33.8 Å². The van der Waals surface area contributed by atoms with Gasteiger partial charge < -0.3 is 19.0 Å². The Bertz CT molecular complexity index is 774. The van der Waals surface area contributed by atoms with E-state index in [1.54, 1.807) is 20.4 Å². The van der Waals surface area contributed by atoms with Crippen LogP contribution in [0.15, 0.2) is 59.3 Å². The third-order valence-electron chi connectivity index (χ3n) is 4.22. The molecule has 6 nitrogen and oxygen atoms in total. The predicted molar refractivity (Wildman–Crippen MR) is 109 cm³/mol. The Morgan fingerprint density at radius 2 is 1.32 bits per heavy atom. The van der Waals surface area contributed by atoms with E-state index in [1.807, 2.05) is 48.5 Å². The average Bonchev–Trinajstić information content (AvgIpc) is 2.75. The Hall–Kier alpha value is -3.28. The molecule has 0 amide bonds. The minimum Gasteiger partial charge on any atom is -0.497 e. The molecule has 0 fully saturated rings. The number of carbonyl (C=O) groups excluding carboxylic acids is 1. The van der Waals surface area contributed by atoms with E-state index in [1.165, 1.54) is 14.2 Å². The van der Waals surface area contributed by atoms with E-state index in [2.05, 4.69) is 5.16 Å². The lowest BCUT2D eigenvalue weighted by atomic mass is 9.91. The van der Waals surface area contributed by atoms with E-state index < -0.39 is 0 Å². The lowest BCUT2D eigenvalue weighted by molar-refractivity contribution is -0.140. The normalized spacial score (nSPS) is 10.4. The highest BCUT2D eigenvalue weighted by Crippen LogP contribution is 2.31. The standard InChI is InChI=1S/C22H25NO5/c1-25-19-10-5-16(6-11-19)22(17-7-12-20(26-2)13-8-17)18(15-23-28-4)9-14-21(24)27-3/h5-8,10-13,15H,9,14H2,1-4H3. The molecule has 0 aliphatic heterocycles. The molecule has 2 aromatic carbocycles. The molecule has 6 heteroatoms. The molecule has 0 N–H and O–H groups in total. The van der Waals surface area contributed by atoms with Crippen LogP contribution >= 0.6 is 0 Å². The van der Waals surface area contributed by atoms with Gasteiger partial charge in [-0.2, -0.15) is 0 Å². The highest BCUT2D eigenvalue weighted by atomic mass is 16.6. The third kappa shape index (κ3) is 5.61. The first-order valence-corrected chi connectivity index (χ1v) is 8.78. The van der Waals surface area contributed by atoms with E-state index in [9.17, 15) is 4.79 Å². The molecule has 0 aromatic heterocycles. The minimum atomic E-state index is -0.285. The minimum absolute atomic E-state index is 0.234. The number of rotatable bonds is 9. The lowest BCUT2D eigenvalue weighted by Crippen LogP contribution is -2.04. The summed E-state index contributed by atoms with van der Waals surface area (Å²) in [5.74, 6) is 1.24. The Morgan fingerprint density at radius 3 is 1.71 bits per heavy atom. The zero-order valence-electron chi connectivity index (χ0n) is 16.6. The van der Waals surface area contributed by atoms with Gasteiger partial charge in [-0.05, 0) is 53.0 Å². The maximum Gasteiger partial charge on any atom is 0.305 e. The Morgan fingerprint density at radius 1 is 0.821 bits per heavy atom. The summed E-state index contributed by atoms with van der Waals surface area (Å²) in [5, 5.41) is 3.93. The van der Waals surface area contributed by atoms with Gasteiger partial charge in [0.2, 0.25) is 0 Å². The zero-order valence-corrected chi connectivity index (χ0v) is 16.6. The van der Waals surface area contributed by atoms with Crippen LogP contribution in [0.1, 0.15) is 24.0 Å². The quantitative estimate of drug-likeness (QED) is 0.371. The SMILES string of the molecule is CON=CC(CCC(=O)OC)=C(c1ccc(OC)cc1)c1ccc(OC)cc1. The van der Waals surface area contributed by atoms with Crippen LogP contribution < -0.4 is 9.47 Å². The fourth-order valence-corrected chi connectivity index (χ4v) is 2.76. The number of carbonyl (C=O) groups is 1. The van der Waals surface area contributed by atoms with Gasteiger partial charge in [0.05, 0.1) is 27.5 Å². The molecule has 28 heavy (non-hydrogen) atoms. The number of benzene rings is 2. The number of hydrogen-bond donors (Lipinski definition) is 0. The third-order valence-corrected chi connectivity index (χ3v) is 4.22. The van der Waals surface area contributed by atoms with E-state index in [4.69, 9.17) is 19.0 Å². The first-order chi connectivity index (χ1) is 13.6. The van der Waals surface area contributed by atoms with Crippen molar-refractivity contribution in [2.45, 2.75) is 12.8 Å². The second kappa shape index (κ2) is 10.8. The monoisotopic (exact) mass is 383 g/mol. The number of esters is 1. The number of hydrogen-bond acceptors (Lipinski definition) is 6. The summed E-state index contributed by atoms with van der Waals surface area (Å²) >= 11 is 0. The highest BCUT2D eigenvalue weighted by molar-refractivity contribution is 5.97. The summed E-state index contributed by atoms with van der Waals surface area (Å²) in [4.78, 5) is 16.6. The van der Waals surface area contributed by atoms with Crippen molar-refractivity contribution in [2.75, 3.05) is 28.4 Å². The van der Waals surface area contributed by atoms with Gasteiger partial charge in [-0.3, -0.25) is 4.79 Å². The molecule has 0 saturated heterocycles. The first-order valence-electron chi connectivity index (χ1n) is 8.78. The number of nitrogens with zero attached hydrogens (tertiary/aromatic N) is 1. The highest BCUT2D eigenvalue weighted by Gasteiger charge is 2.14. The molecule has 0 bridgehead atoms. The van der Waals surface area contributed by atoms with Crippen LogP contribution in [-0.4, -0.2) is 40.6 Å². The summed E-state index contributed by atoms with van der Waals surface area (Å²) in [6, 6.07) is 15.5. The molecule has 148 valence electrons. The van der Waals surface area contributed by atoms with Crippen LogP contribution in [0.3, 0.4) is 0 Å². The summed E-state index contributed by atoms with van der Waals surface area (Å²) in [6.45, 7) is 0. The molecule has 0 radical (unpaired) electrons.